The summed E-state index contributed by atoms with van der Waals surface area (Å²) in [7, 11) is 0. The number of amides is 1. The van der Waals surface area contributed by atoms with E-state index in [1.165, 1.54) is 13.0 Å². The molecule has 5 N–H and O–H groups in total. The van der Waals surface area contributed by atoms with Crippen molar-refractivity contribution in [3.63, 3.8) is 0 Å². The quantitative estimate of drug-likeness (QED) is 0.547. The number of nitrogens with zero attached hydrogens (tertiary/aromatic N) is 1. The second-order valence-electron chi connectivity index (χ2n) is 9.27. The number of piperidine rings is 1. The van der Waals surface area contributed by atoms with Gasteiger partial charge in [-0.15, -0.1) is 0 Å². The van der Waals surface area contributed by atoms with E-state index in [-0.39, 0.29) is 17.3 Å². The molecule has 1 heterocycles. The van der Waals surface area contributed by atoms with Crippen LogP contribution in [-0.2, 0) is 6.42 Å². The van der Waals surface area contributed by atoms with Crippen molar-refractivity contribution in [2.75, 3.05) is 25.0 Å². The molecule has 2 aliphatic rings. The zero-order valence-corrected chi connectivity index (χ0v) is 19.4. The number of rotatable bonds is 7. The standard InChI is InChI=1S/C26H37FN4O/c1-4-20(9-8-19(3)27)17-30-22-10-11-23(21(5-2)16-22)24(32)31-15-14-25(28)12-6-7-13-26(25,29)18-31/h4,8-11,16,30H,1,5-7,12-15,17-18,28-29H2,2-3H3/b19-8+,20-9+. The molecule has 1 aromatic carbocycles. The SMILES string of the molecule is C=C/C(=C\C=C(/C)F)CNc1ccc(C(=O)N2CCC3(N)CCCCC3(N)C2)c(CC)c1. The van der Waals surface area contributed by atoms with Crippen molar-refractivity contribution in [3.8, 4) is 0 Å². The molecule has 174 valence electrons. The van der Waals surface area contributed by atoms with E-state index in [0.717, 1.165) is 60.9 Å². The lowest BCUT2D eigenvalue weighted by molar-refractivity contribution is 0.0292. The predicted octanol–water partition coefficient (Wildman–Crippen LogP) is 4.46. The van der Waals surface area contributed by atoms with Crippen molar-refractivity contribution < 1.29 is 9.18 Å². The smallest absolute Gasteiger partial charge is 0.254 e. The summed E-state index contributed by atoms with van der Waals surface area (Å²) in [6.45, 7) is 8.92. The molecule has 0 bridgehead atoms. The van der Waals surface area contributed by atoms with Gasteiger partial charge in [0, 0.05) is 36.4 Å². The van der Waals surface area contributed by atoms with Gasteiger partial charge in [-0.05, 0) is 68.0 Å². The van der Waals surface area contributed by atoms with Gasteiger partial charge in [0.05, 0.1) is 11.4 Å². The molecule has 32 heavy (non-hydrogen) atoms. The molecule has 1 aliphatic heterocycles. The molecule has 0 aromatic heterocycles. The Kier molecular flexibility index (Phi) is 7.57. The largest absolute Gasteiger partial charge is 0.381 e. The van der Waals surface area contributed by atoms with E-state index in [0.29, 0.717) is 19.6 Å². The van der Waals surface area contributed by atoms with Crippen LogP contribution in [0, 0.1) is 0 Å². The molecule has 5 nitrogen and oxygen atoms in total. The van der Waals surface area contributed by atoms with Crippen molar-refractivity contribution in [3.05, 3.63) is 65.5 Å². The van der Waals surface area contributed by atoms with Gasteiger partial charge in [-0.25, -0.2) is 4.39 Å². The summed E-state index contributed by atoms with van der Waals surface area (Å²) in [5, 5.41) is 3.34. The summed E-state index contributed by atoms with van der Waals surface area (Å²) in [5.74, 6) is -0.223. The van der Waals surface area contributed by atoms with Gasteiger partial charge in [0.15, 0.2) is 0 Å². The van der Waals surface area contributed by atoms with Gasteiger partial charge in [-0.3, -0.25) is 4.79 Å². The van der Waals surface area contributed by atoms with Crippen molar-refractivity contribution in [1.82, 2.24) is 4.90 Å². The highest BCUT2D eigenvalue weighted by Gasteiger charge is 2.51. The summed E-state index contributed by atoms with van der Waals surface area (Å²) in [6.07, 6.45) is 10.3. The zero-order chi connectivity index (χ0) is 23.4. The highest BCUT2D eigenvalue weighted by molar-refractivity contribution is 5.96. The highest BCUT2D eigenvalue weighted by Crippen LogP contribution is 2.40. The minimum atomic E-state index is -0.507. The van der Waals surface area contributed by atoms with Crippen LogP contribution < -0.4 is 16.8 Å². The van der Waals surface area contributed by atoms with Crippen molar-refractivity contribution in [1.29, 1.82) is 0 Å². The number of benzene rings is 1. The maximum Gasteiger partial charge on any atom is 0.254 e. The number of nitrogens with one attached hydrogen (secondary N) is 1. The Morgan fingerprint density at radius 1 is 1.22 bits per heavy atom. The Morgan fingerprint density at radius 3 is 2.59 bits per heavy atom. The summed E-state index contributed by atoms with van der Waals surface area (Å²) in [4.78, 5) is 15.3. The van der Waals surface area contributed by atoms with Crippen LogP contribution in [0.4, 0.5) is 10.1 Å². The van der Waals surface area contributed by atoms with Crippen LogP contribution in [0.2, 0.25) is 0 Å². The van der Waals surface area contributed by atoms with E-state index in [4.69, 9.17) is 11.5 Å². The molecule has 0 spiro atoms. The molecule has 6 heteroatoms. The van der Waals surface area contributed by atoms with E-state index in [9.17, 15) is 9.18 Å². The third-order valence-corrected chi connectivity index (χ3v) is 7.08. The van der Waals surface area contributed by atoms with E-state index in [2.05, 4.69) is 11.9 Å². The number of nitrogens with two attached hydrogens (primary N) is 2. The third kappa shape index (κ3) is 5.13. The van der Waals surface area contributed by atoms with Crippen LogP contribution in [0.3, 0.4) is 0 Å². The number of hydrogen-bond donors (Lipinski definition) is 3. The topological polar surface area (TPSA) is 84.4 Å². The summed E-state index contributed by atoms with van der Waals surface area (Å²) in [5.41, 5.74) is 16.1. The minimum Gasteiger partial charge on any atom is -0.381 e. The highest BCUT2D eigenvalue weighted by atomic mass is 19.1. The Morgan fingerprint density at radius 2 is 1.94 bits per heavy atom. The van der Waals surface area contributed by atoms with Crippen LogP contribution in [0.5, 0.6) is 0 Å². The lowest BCUT2D eigenvalue weighted by atomic mass is 9.64. The fourth-order valence-corrected chi connectivity index (χ4v) is 4.92. The zero-order valence-electron chi connectivity index (χ0n) is 19.4. The molecule has 2 unspecified atom stereocenters. The normalized spacial score (nSPS) is 26.5. The first kappa shape index (κ1) is 24.2. The van der Waals surface area contributed by atoms with Gasteiger partial charge in [0.2, 0.25) is 0 Å². The molecule has 1 aliphatic carbocycles. The van der Waals surface area contributed by atoms with E-state index >= 15 is 0 Å². The molecule has 3 rings (SSSR count). The number of hydrogen-bond acceptors (Lipinski definition) is 4. The van der Waals surface area contributed by atoms with Gasteiger partial charge in [-0.1, -0.05) is 38.5 Å². The number of fused-ring (bicyclic) bond motifs is 1. The summed E-state index contributed by atoms with van der Waals surface area (Å²) in [6, 6.07) is 5.82. The first-order valence-electron chi connectivity index (χ1n) is 11.6. The van der Waals surface area contributed by atoms with Crippen molar-refractivity contribution in [2.24, 2.45) is 11.5 Å². The van der Waals surface area contributed by atoms with E-state index in [1.54, 1.807) is 12.2 Å². The average Bonchev–Trinajstić information content (AvgIpc) is 2.78. The van der Waals surface area contributed by atoms with Crippen LogP contribution in [0.1, 0.15) is 61.9 Å². The second-order valence-corrected chi connectivity index (χ2v) is 9.27. The van der Waals surface area contributed by atoms with Crippen LogP contribution in [-0.4, -0.2) is 41.5 Å². The first-order valence-corrected chi connectivity index (χ1v) is 11.6. The number of likely N-dealkylation sites (tertiary alicyclic amines) is 1. The Labute approximate surface area is 191 Å². The van der Waals surface area contributed by atoms with Gasteiger partial charge in [0.25, 0.3) is 5.91 Å². The first-order chi connectivity index (χ1) is 15.2. The molecular weight excluding hydrogens is 403 g/mol. The van der Waals surface area contributed by atoms with Crippen LogP contribution in [0.25, 0.3) is 0 Å². The maximum absolute atomic E-state index is 13.4. The number of aryl methyl sites for hydroxylation is 1. The van der Waals surface area contributed by atoms with Gasteiger partial charge in [0.1, 0.15) is 0 Å². The van der Waals surface area contributed by atoms with Crippen molar-refractivity contribution >= 4 is 11.6 Å². The Bertz CT molecular complexity index is 920. The lowest BCUT2D eigenvalue weighted by Gasteiger charge is -2.55. The summed E-state index contributed by atoms with van der Waals surface area (Å²) < 4.78 is 13.0. The molecule has 0 radical (unpaired) electrons. The summed E-state index contributed by atoms with van der Waals surface area (Å²) >= 11 is 0. The van der Waals surface area contributed by atoms with Gasteiger partial charge in [-0.2, -0.15) is 0 Å². The third-order valence-electron chi connectivity index (χ3n) is 7.08. The van der Waals surface area contributed by atoms with Crippen LogP contribution >= 0.6 is 0 Å². The number of halogens is 1. The Hall–Kier alpha value is -2.44. The number of allylic oxidation sites excluding steroid dienone is 3. The predicted molar refractivity (Wildman–Crippen MR) is 130 cm³/mol. The fraction of sp³-hybridized carbons (Fsp3) is 0.500. The molecular formula is C26H37FN4O. The molecule has 2 atom stereocenters. The van der Waals surface area contributed by atoms with Crippen molar-refractivity contribution in [2.45, 2.75) is 63.5 Å². The minimum absolute atomic E-state index is 0.0288. The maximum atomic E-state index is 13.4. The average molecular weight is 441 g/mol. The number of carbonyl (C=O) groups is 1. The number of anilines is 1. The van der Waals surface area contributed by atoms with Crippen LogP contribution in [0.15, 0.2) is 54.4 Å². The monoisotopic (exact) mass is 440 g/mol. The fourth-order valence-electron chi connectivity index (χ4n) is 4.92. The Balaban J connectivity index is 1.73. The van der Waals surface area contributed by atoms with E-state index < -0.39 is 5.54 Å². The molecule has 1 amide bonds. The lowest BCUT2D eigenvalue weighted by Crippen LogP contribution is -2.75. The molecule has 1 aromatic rings. The molecule has 1 saturated carbocycles. The number of carbonyl (C=O) groups excluding carboxylic acids is 1. The molecule has 1 saturated heterocycles. The second kappa shape index (κ2) is 10.0. The van der Waals surface area contributed by atoms with Gasteiger partial charge < -0.3 is 21.7 Å². The van der Waals surface area contributed by atoms with E-state index in [1.807, 2.05) is 30.0 Å². The van der Waals surface area contributed by atoms with Gasteiger partial charge >= 0.3 is 0 Å². The molecule has 2 fully saturated rings.